The van der Waals surface area contributed by atoms with Gasteiger partial charge in [-0.2, -0.15) is 0 Å². The number of benzene rings is 1. The molecule has 1 aliphatic carbocycles. The molecular weight excluding hydrogens is 256 g/mol. The molecule has 0 fully saturated rings. The van der Waals surface area contributed by atoms with Gasteiger partial charge in [-0.05, 0) is 36.5 Å². The number of hydrogen-bond acceptors (Lipinski definition) is 3. The zero-order chi connectivity index (χ0) is 14.1. The fourth-order valence-corrected chi connectivity index (χ4v) is 2.99. The number of carbonyl (C=O) groups is 1. The number of imidazole rings is 1. The third-order valence-corrected chi connectivity index (χ3v) is 3.87. The first-order valence-electron chi connectivity index (χ1n) is 6.63. The fourth-order valence-electron chi connectivity index (χ4n) is 2.99. The molecule has 0 spiro atoms. The number of nitrogens with zero attached hydrogens (tertiary/aromatic N) is 2. The Kier molecular flexibility index (Phi) is 3.18. The maximum atomic E-state index is 11.3. The fraction of sp³-hybridized carbons (Fsp3) is 0.333. The van der Waals surface area contributed by atoms with Crippen LogP contribution in [0.3, 0.4) is 0 Å². The molecule has 1 aromatic heterocycles. The molecule has 0 aliphatic heterocycles. The molecule has 20 heavy (non-hydrogen) atoms. The molecule has 1 aromatic carbocycles. The summed E-state index contributed by atoms with van der Waals surface area (Å²) in [6, 6.07) is 5.97. The van der Waals surface area contributed by atoms with Gasteiger partial charge >= 0.3 is 5.97 Å². The molecule has 0 saturated carbocycles. The summed E-state index contributed by atoms with van der Waals surface area (Å²) < 4.78 is 7.16. The van der Waals surface area contributed by atoms with Gasteiger partial charge in [0.25, 0.3) is 0 Å². The van der Waals surface area contributed by atoms with E-state index in [0.29, 0.717) is 0 Å². The van der Waals surface area contributed by atoms with Gasteiger partial charge in [-0.1, -0.05) is 12.1 Å². The van der Waals surface area contributed by atoms with Crippen molar-refractivity contribution in [2.24, 2.45) is 0 Å². The summed E-state index contributed by atoms with van der Waals surface area (Å²) >= 11 is 0. The quantitative estimate of drug-likeness (QED) is 0.932. The lowest BCUT2D eigenvalue weighted by molar-refractivity contribution is 0.0683. The third-order valence-electron chi connectivity index (χ3n) is 3.87. The van der Waals surface area contributed by atoms with E-state index < -0.39 is 5.97 Å². The highest BCUT2D eigenvalue weighted by molar-refractivity contribution is 5.85. The average molecular weight is 272 g/mol. The van der Waals surface area contributed by atoms with E-state index in [9.17, 15) is 9.90 Å². The second kappa shape index (κ2) is 5.00. The summed E-state index contributed by atoms with van der Waals surface area (Å²) in [5, 5.41) is 9.25. The summed E-state index contributed by atoms with van der Waals surface area (Å²) in [4.78, 5) is 15.3. The summed E-state index contributed by atoms with van der Waals surface area (Å²) in [7, 11) is 1.67. The predicted octanol–water partition coefficient (Wildman–Crippen LogP) is 2.52. The van der Waals surface area contributed by atoms with Crippen molar-refractivity contribution in [1.82, 2.24) is 9.55 Å². The van der Waals surface area contributed by atoms with Gasteiger partial charge in [0.2, 0.25) is 0 Å². The number of carboxylic acid groups (broad SMARTS) is 1. The van der Waals surface area contributed by atoms with Crippen molar-refractivity contribution in [3.8, 4) is 5.75 Å². The highest BCUT2D eigenvalue weighted by Crippen LogP contribution is 2.37. The molecule has 0 bridgehead atoms. The van der Waals surface area contributed by atoms with E-state index in [1.165, 1.54) is 11.8 Å². The lowest BCUT2D eigenvalue weighted by atomic mass is 9.87. The summed E-state index contributed by atoms with van der Waals surface area (Å²) in [6.45, 7) is 0. The van der Waals surface area contributed by atoms with E-state index >= 15 is 0 Å². The first-order valence-corrected chi connectivity index (χ1v) is 6.63. The number of carboxylic acids is 1. The number of aromatic nitrogens is 2. The smallest absolute Gasteiger partial charge is 0.354 e. The number of methoxy groups -OCH3 is 1. The van der Waals surface area contributed by atoms with E-state index in [1.807, 2.05) is 18.2 Å². The Morgan fingerprint density at radius 3 is 3.10 bits per heavy atom. The van der Waals surface area contributed by atoms with Crippen LogP contribution >= 0.6 is 0 Å². The van der Waals surface area contributed by atoms with Gasteiger partial charge < -0.3 is 14.4 Å². The molecule has 3 rings (SSSR count). The van der Waals surface area contributed by atoms with Gasteiger partial charge in [0.1, 0.15) is 11.4 Å². The Morgan fingerprint density at radius 1 is 1.50 bits per heavy atom. The number of ether oxygens (including phenoxy) is 1. The van der Waals surface area contributed by atoms with Crippen LogP contribution in [-0.4, -0.2) is 27.7 Å². The molecule has 5 nitrogen and oxygen atoms in total. The Morgan fingerprint density at radius 2 is 2.35 bits per heavy atom. The van der Waals surface area contributed by atoms with Crippen molar-refractivity contribution in [2.45, 2.75) is 25.3 Å². The highest BCUT2D eigenvalue weighted by Gasteiger charge is 2.26. The molecule has 0 saturated heterocycles. The monoisotopic (exact) mass is 272 g/mol. The first kappa shape index (κ1) is 12.7. The van der Waals surface area contributed by atoms with Crippen LogP contribution in [0.5, 0.6) is 5.75 Å². The topological polar surface area (TPSA) is 64.4 Å². The normalized spacial score (nSPS) is 17.6. The van der Waals surface area contributed by atoms with Crippen molar-refractivity contribution in [3.05, 3.63) is 47.5 Å². The van der Waals surface area contributed by atoms with Crippen LogP contribution in [0.1, 0.15) is 40.5 Å². The lowest BCUT2D eigenvalue weighted by Crippen LogP contribution is -2.20. The third kappa shape index (κ3) is 1.95. The molecule has 1 aliphatic rings. The molecule has 2 aromatic rings. The largest absolute Gasteiger partial charge is 0.496 e. The maximum absolute atomic E-state index is 11.3. The van der Waals surface area contributed by atoms with E-state index in [4.69, 9.17) is 4.74 Å². The number of fused-ring (bicyclic) bond motifs is 1. The van der Waals surface area contributed by atoms with Crippen LogP contribution in [0.4, 0.5) is 0 Å². The molecule has 5 heteroatoms. The maximum Gasteiger partial charge on any atom is 0.354 e. The van der Waals surface area contributed by atoms with Crippen LogP contribution in [0.25, 0.3) is 0 Å². The average Bonchev–Trinajstić information content (AvgIpc) is 2.95. The van der Waals surface area contributed by atoms with Crippen molar-refractivity contribution in [1.29, 1.82) is 0 Å². The standard InChI is InChI=1S/C15H16N2O3/c1-20-14-7-3-4-10-11(14)5-2-6-12(10)17-9-16-8-13(17)15(18)19/h3-4,7-9,12H,2,5-6H2,1H3,(H,18,19). The summed E-state index contributed by atoms with van der Waals surface area (Å²) in [6.07, 6.45) is 5.89. The van der Waals surface area contributed by atoms with Gasteiger partial charge in [-0.25, -0.2) is 9.78 Å². The molecule has 1 atom stereocenters. The van der Waals surface area contributed by atoms with Gasteiger partial charge in [0.05, 0.1) is 25.7 Å². The van der Waals surface area contributed by atoms with Gasteiger partial charge in [0.15, 0.2) is 0 Å². The molecule has 104 valence electrons. The Balaban J connectivity index is 2.10. The zero-order valence-electron chi connectivity index (χ0n) is 11.2. The van der Waals surface area contributed by atoms with Crippen molar-refractivity contribution < 1.29 is 14.6 Å². The summed E-state index contributed by atoms with van der Waals surface area (Å²) in [5.74, 6) is -0.0679. The highest BCUT2D eigenvalue weighted by atomic mass is 16.5. The first-order chi connectivity index (χ1) is 9.72. The SMILES string of the molecule is COc1cccc2c1CCCC2n1cncc1C(=O)O. The Labute approximate surface area is 116 Å². The van der Waals surface area contributed by atoms with Crippen molar-refractivity contribution >= 4 is 5.97 Å². The molecule has 0 radical (unpaired) electrons. The number of aromatic carboxylic acids is 1. The second-order valence-corrected chi connectivity index (χ2v) is 4.93. The van der Waals surface area contributed by atoms with Gasteiger partial charge in [0, 0.05) is 0 Å². The zero-order valence-corrected chi connectivity index (χ0v) is 11.2. The Hall–Kier alpha value is -2.30. The van der Waals surface area contributed by atoms with E-state index in [1.54, 1.807) is 18.0 Å². The minimum Gasteiger partial charge on any atom is -0.496 e. The molecule has 0 amide bonds. The number of rotatable bonds is 3. The van der Waals surface area contributed by atoms with Crippen LogP contribution in [0.15, 0.2) is 30.7 Å². The molecule has 1 heterocycles. The summed E-state index contributed by atoms with van der Waals surface area (Å²) in [5.41, 5.74) is 2.54. The van der Waals surface area contributed by atoms with Crippen molar-refractivity contribution in [2.75, 3.05) is 7.11 Å². The number of hydrogen-bond donors (Lipinski definition) is 1. The van der Waals surface area contributed by atoms with Gasteiger partial charge in [-0.15, -0.1) is 0 Å². The predicted molar refractivity (Wildman–Crippen MR) is 73.3 cm³/mol. The van der Waals surface area contributed by atoms with Crippen LogP contribution in [-0.2, 0) is 6.42 Å². The van der Waals surface area contributed by atoms with Crippen LogP contribution < -0.4 is 4.74 Å². The molecule has 1 unspecified atom stereocenters. The minimum absolute atomic E-state index is 0.0162. The van der Waals surface area contributed by atoms with E-state index in [-0.39, 0.29) is 11.7 Å². The van der Waals surface area contributed by atoms with Crippen LogP contribution in [0, 0.1) is 0 Å². The molecule has 1 N–H and O–H groups in total. The van der Waals surface area contributed by atoms with Crippen LogP contribution in [0.2, 0.25) is 0 Å². The molecular formula is C15H16N2O3. The van der Waals surface area contributed by atoms with Crippen molar-refractivity contribution in [3.63, 3.8) is 0 Å². The minimum atomic E-state index is -0.947. The Bertz CT molecular complexity index is 648. The van der Waals surface area contributed by atoms with Gasteiger partial charge in [-0.3, -0.25) is 0 Å². The van der Waals surface area contributed by atoms with E-state index in [0.717, 1.165) is 30.6 Å². The van der Waals surface area contributed by atoms with E-state index in [2.05, 4.69) is 4.98 Å². The second-order valence-electron chi connectivity index (χ2n) is 4.93. The lowest BCUT2D eigenvalue weighted by Gasteiger charge is -2.28.